The van der Waals surface area contributed by atoms with Gasteiger partial charge in [-0.1, -0.05) is 12.1 Å². The van der Waals surface area contributed by atoms with Crippen molar-refractivity contribution in [3.05, 3.63) is 34.9 Å². The lowest BCUT2D eigenvalue weighted by Gasteiger charge is -2.12. The number of aliphatic hydroxyl groups is 2. The Bertz CT molecular complexity index is 458. The maximum atomic E-state index is 11.6. The number of carbonyl (C=O) groups excluding carboxylic acids is 1. The topological polar surface area (TPSA) is 94.8 Å². The van der Waals surface area contributed by atoms with E-state index in [4.69, 9.17) is 21.8 Å². The van der Waals surface area contributed by atoms with Gasteiger partial charge in [-0.3, -0.25) is 4.79 Å². The predicted octanol–water partition coefficient (Wildman–Crippen LogP) is 1.11. The molecule has 1 unspecified atom stereocenters. The highest BCUT2D eigenvalue weighted by Crippen LogP contribution is 2.21. The van der Waals surface area contributed by atoms with Gasteiger partial charge in [0.05, 0.1) is 6.61 Å². The van der Waals surface area contributed by atoms with Crippen molar-refractivity contribution in [2.45, 2.75) is 19.1 Å². The van der Waals surface area contributed by atoms with Crippen LogP contribution in [0, 0.1) is 0 Å². The van der Waals surface area contributed by atoms with E-state index in [0.29, 0.717) is 5.56 Å². The molecule has 0 aliphatic carbocycles. The summed E-state index contributed by atoms with van der Waals surface area (Å²) < 4.78 is 0. The Morgan fingerprint density at radius 1 is 1.33 bits per heavy atom. The summed E-state index contributed by atoms with van der Waals surface area (Å²) >= 11 is 5.46. The van der Waals surface area contributed by atoms with Gasteiger partial charge in [0.1, 0.15) is 0 Å². The number of benzene rings is 1. The van der Waals surface area contributed by atoms with Crippen LogP contribution in [0.15, 0.2) is 18.2 Å². The number of carboxylic acids is 1. The molecule has 5 nitrogen and oxygen atoms in total. The molecule has 1 rings (SSSR count). The monoisotopic (exact) mass is 272 g/mol. The molecule has 0 spiro atoms. The third-order valence-corrected chi connectivity index (χ3v) is 2.67. The van der Waals surface area contributed by atoms with Gasteiger partial charge in [-0.2, -0.15) is 0 Å². The van der Waals surface area contributed by atoms with E-state index in [2.05, 4.69) is 0 Å². The summed E-state index contributed by atoms with van der Waals surface area (Å²) in [7, 11) is 0. The summed E-state index contributed by atoms with van der Waals surface area (Å²) in [6, 6.07) is 4.11. The molecule has 0 radical (unpaired) electrons. The van der Waals surface area contributed by atoms with Gasteiger partial charge in [0, 0.05) is 17.9 Å². The SMILES string of the molecule is O=C(CCCl)c1ccc(C(O)C(=O)O)c(CO)c1. The first-order valence-corrected chi connectivity index (χ1v) is 5.78. The lowest BCUT2D eigenvalue weighted by molar-refractivity contribution is -0.147. The lowest BCUT2D eigenvalue weighted by Crippen LogP contribution is -2.13. The van der Waals surface area contributed by atoms with Crippen LogP contribution in [-0.2, 0) is 11.4 Å². The second-order valence-electron chi connectivity index (χ2n) is 3.67. The zero-order chi connectivity index (χ0) is 13.7. The number of alkyl halides is 1. The van der Waals surface area contributed by atoms with E-state index in [0.717, 1.165) is 0 Å². The Hall–Kier alpha value is -1.43. The molecule has 1 aromatic rings. The Kier molecular flexibility index (Phi) is 5.27. The third-order valence-electron chi connectivity index (χ3n) is 2.49. The zero-order valence-electron chi connectivity index (χ0n) is 9.47. The molecule has 0 bridgehead atoms. The van der Waals surface area contributed by atoms with Gasteiger partial charge in [0.25, 0.3) is 0 Å². The molecule has 1 aromatic carbocycles. The van der Waals surface area contributed by atoms with Crippen LogP contribution in [0.1, 0.15) is 34.0 Å². The summed E-state index contributed by atoms with van der Waals surface area (Å²) in [5, 5.41) is 27.3. The van der Waals surface area contributed by atoms with Crippen LogP contribution in [-0.4, -0.2) is 33.0 Å². The van der Waals surface area contributed by atoms with Crippen molar-refractivity contribution in [3.8, 4) is 0 Å². The van der Waals surface area contributed by atoms with Crippen molar-refractivity contribution in [2.75, 3.05) is 5.88 Å². The number of aliphatic hydroxyl groups excluding tert-OH is 2. The van der Waals surface area contributed by atoms with Crippen molar-refractivity contribution in [3.63, 3.8) is 0 Å². The molecule has 0 saturated carbocycles. The second kappa shape index (κ2) is 6.49. The van der Waals surface area contributed by atoms with Crippen LogP contribution in [0.4, 0.5) is 0 Å². The highest BCUT2D eigenvalue weighted by Gasteiger charge is 2.20. The van der Waals surface area contributed by atoms with Gasteiger partial charge in [-0.25, -0.2) is 4.79 Å². The zero-order valence-corrected chi connectivity index (χ0v) is 10.2. The van der Waals surface area contributed by atoms with Crippen LogP contribution in [0.3, 0.4) is 0 Å². The van der Waals surface area contributed by atoms with Crippen molar-refractivity contribution in [1.29, 1.82) is 0 Å². The van der Waals surface area contributed by atoms with E-state index in [-0.39, 0.29) is 29.2 Å². The predicted molar refractivity (Wildman–Crippen MR) is 64.6 cm³/mol. The number of rotatable bonds is 6. The number of Topliss-reactive ketones (excluding diaryl/α,β-unsaturated/α-hetero) is 1. The number of carboxylic acid groups (broad SMARTS) is 1. The fourth-order valence-electron chi connectivity index (χ4n) is 1.55. The number of halogens is 1. The average molecular weight is 273 g/mol. The average Bonchev–Trinajstić information content (AvgIpc) is 2.37. The summed E-state index contributed by atoms with van der Waals surface area (Å²) in [5.41, 5.74) is 0.624. The number of hydrogen-bond acceptors (Lipinski definition) is 4. The summed E-state index contributed by atoms with van der Waals surface area (Å²) in [4.78, 5) is 22.3. The van der Waals surface area contributed by atoms with E-state index >= 15 is 0 Å². The van der Waals surface area contributed by atoms with E-state index in [9.17, 15) is 14.7 Å². The highest BCUT2D eigenvalue weighted by molar-refractivity contribution is 6.19. The van der Waals surface area contributed by atoms with Crippen molar-refractivity contribution in [1.82, 2.24) is 0 Å². The number of ketones is 1. The molecule has 0 aliphatic rings. The Morgan fingerprint density at radius 2 is 2.00 bits per heavy atom. The molecule has 98 valence electrons. The molecule has 0 saturated heterocycles. The van der Waals surface area contributed by atoms with E-state index in [1.165, 1.54) is 18.2 Å². The molecule has 18 heavy (non-hydrogen) atoms. The number of hydrogen-bond donors (Lipinski definition) is 3. The molecular weight excluding hydrogens is 260 g/mol. The quantitative estimate of drug-likeness (QED) is 0.533. The lowest BCUT2D eigenvalue weighted by atomic mass is 9.98. The first-order valence-electron chi connectivity index (χ1n) is 5.25. The van der Waals surface area contributed by atoms with Gasteiger partial charge >= 0.3 is 5.97 Å². The smallest absolute Gasteiger partial charge is 0.337 e. The Labute approximate surface area is 109 Å². The normalized spacial score (nSPS) is 12.2. The van der Waals surface area contributed by atoms with E-state index in [1.807, 2.05) is 0 Å². The fraction of sp³-hybridized carbons (Fsp3) is 0.333. The number of aliphatic carboxylic acids is 1. The van der Waals surface area contributed by atoms with Crippen molar-refractivity contribution in [2.24, 2.45) is 0 Å². The van der Waals surface area contributed by atoms with Crippen molar-refractivity contribution < 1.29 is 24.9 Å². The Balaban J connectivity index is 3.11. The molecule has 6 heteroatoms. The standard InChI is InChI=1S/C12H13ClO5/c13-4-3-10(15)7-1-2-9(8(5-7)6-14)11(16)12(17)18/h1-2,5,11,14,16H,3-4,6H2,(H,17,18). The largest absolute Gasteiger partial charge is 0.479 e. The first kappa shape index (κ1) is 14.6. The van der Waals surface area contributed by atoms with Crippen LogP contribution in [0.2, 0.25) is 0 Å². The second-order valence-corrected chi connectivity index (χ2v) is 4.05. The fourth-order valence-corrected chi connectivity index (χ4v) is 1.72. The minimum atomic E-state index is -1.72. The maximum Gasteiger partial charge on any atom is 0.337 e. The maximum absolute atomic E-state index is 11.6. The van der Waals surface area contributed by atoms with Gasteiger partial charge in [0.15, 0.2) is 11.9 Å². The van der Waals surface area contributed by atoms with Crippen molar-refractivity contribution >= 4 is 23.4 Å². The van der Waals surface area contributed by atoms with Gasteiger partial charge < -0.3 is 15.3 Å². The summed E-state index contributed by atoms with van der Waals surface area (Å²) in [6.07, 6.45) is -1.56. The minimum Gasteiger partial charge on any atom is -0.479 e. The molecule has 3 N–H and O–H groups in total. The molecule has 0 fully saturated rings. The Morgan fingerprint density at radius 3 is 2.50 bits per heavy atom. The van der Waals surface area contributed by atoms with Crippen LogP contribution < -0.4 is 0 Å². The molecule has 0 heterocycles. The molecular formula is C12H13ClO5. The first-order chi connectivity index (χ1) is 8.51. The van der Waals surface area contributed by atoms with Gasteiger partial charge in [-0.15, -0.1) is 11.6 Å². The van der Waals surface area contributed by atoms with Gasteiger partial charge in [-0.05, 0) is 17.2 Å². The summed E-state index contributed by atoms with van der Waals surface area (Å²) in [5.74, 6) is -1.42. The summed E-state index contributed by atoms with van der Waals surface area (Å²) in [6.45, 7) is -0.457. The van der Waals surface area contributed by atoms with Gasteiger partial charge in [0.2, 0.25) is 0 Å². The molecule has 1 atom stereocenters. The van der Waals surface area contributed by atoms with Crippen LogP contribution in [0.5, 0.6) is 0 Å². The molecule has 0 aromatic heterocycles. The minimum absolute atomic E-state index is 0.0763. The molecule has 0 aliphatic heterocycles. The number of carbonyl (C=O) groups is 2. The van der Waals surface area contributed by atoms with Crippen LogP contribution in [0.25, 0.3) is 0 Å². The van der Waals surface area contributed by atoms with Crippen LogP contribution >= 0.6 is 11.6 Å². The van der Waals surface area contributed by atoms with E-state index in [1.54, 1.807) is 0 Å². The van der Waals surface area contributed by atoms with E-state index < -0.39 is 18.7 Å². The molecule has 0 amide bonds. The third kappa shape index (κ3) is 3.29. The highest BCUT2D eigenvalue weighted by atomic mass is 35.5.